The summed E-state index contributed by atoms with van der Waals surface area (Å²) in [7, 11) is 1.68. The Morgan fingerprint density at radius 1 is 1.11 bits per heavy atom. The van der Waals surface area contributed by atoms with Crippen molar-refractivity contribution < 1.29 is 14.3 Å². The highest BCUT2D eigenvalue weighted by Crippen LogP contribution is 2.36. The summed E-state index contributed by atoms with van der Waals surface area (Å²) in [5.74, 6) is 0.323. The highest BCUT2D eigenvalue weighted by Gasteiger charge is 2.36. The SMILES string of the molecule is COCCCc1cc(CN(C(=O)C(C#N)Cc2ccc(N3CC[C@@H](Oc4c(Cl)cc(C)cc4Cl)C3)nc2)C2CC2)c(Cl)cn1. The molecule has 0 bridgehead atoms. The first kappa shape index (κ1) is 32.3. The molecule has 1 unspecified atom stereocenters. The van der Waals surface area contributed by atoms with E-state index in [1.807, 2.05) is 42.2 Å². The minimum absolute atomic E-state index is 0.0708. The Labute approximate surface area is 273 Å². The maximum atomic E-state index is 13.7. The third-order valence-corrected chi connectivity index (χ3v) is 8.88. The highest BCUT2D eigenvalue weighted by molar-refractivity contribution is 6.37. The van der Waals surface area contributed by atoms with Crippen LogP contribution in [0.25, 0.3) is 0 Å². The molecule has 2 atom stereocenters. The third kappa shape index (κ3) is 8.13. The molecule has 44 heavy (non-hydrogen) atoms. The first-order chi connectivity index (χ1) is 21.2. The maximum absolute atomic E-state index is 13.7. The molecule has 3 heterocycles. The van der Waals surface area contributed by atoms with Crippen molar-refractivity contribution in [3.05, 3.63) is 80.2 Å². The summed E-state index contributed by atoms with van der Waals surface area (Å²) in [6.07, 6.45) is 7.88. The molecule has 5 rings (SSSR count). The second kappa shape index (κ2) is 14.8. The monoisotopic (exact) mass is 655 g/mol. The fraction of sp³-hybridized carbons (Fsp3) is 0.455. The second-order valence-electron chi connectivity index (χ2n) is 11.5. The van der Waals surface area contributed by atoms with Crippen LogP contribution in [0.1, 0.15) is 48.1 Å². The molecule has 11 heteroatoms. The van der Waals surface area contributed by atoms with Crippen molar-refractivity contribution >= 4 is 46.5 Å². The van der Waals surface area contributed by atoms with Gasteiger partial charge in [-0.2, -0.15) is 5.26 Å². The molecule has 1 saturated heterocycles. The normalized spacial score (nSPS) is 16.9. The number of benzene rings is 1. The van der Waals surface area contributed by atoms with E-state index in [4.69, 9.17) is 44.3 Å². The number of pyridine rings is 2. The van der Waals surface area contributed by atoms with Gasteiger partial charge in [-0.05, 0) is 80.0 Å². The van der Waals surface area contributed by atoms with Crippen molar-refractivity contribution in [2.45, 2.75) is 64.1 Å². The number of ether oxygens (including phenoxy) is 2. The van der Waals surface area contributed by atoms with Gasteiger partial charge in [0.05, 0.1) is 27.7 Å². The number of hydrogen-bond acceptors (Lipinski definition) is 7. The quantitative estimate of drug-likeness (QED) is 0.186. The van der Waals surface area contributed by atoms with Gasteiger partial charge < -0.3 is 19.3 Å². The summed E-state index contributed by atoms with van der Waals surface area (Å²) in [5, 5.41) is 11.5. The van der Waals surface area contributed by atoms with Crippen molar-refractivity contribution in [2.24, 2.45) is 5.92 Å². The Hall–Kier alpha value is -3.09. The average Bonchev–Trinajstić information content (AvgIpc) is 3.74. The Balaban J connectivity index is 1.20. The smallest absolute Gasteiger partial charge is 0.240 e. The van der Waals surface area contributed by atoms with Gasteiger partial charge in [-0.15, -0.1) is 0 Å². The van der Waals surface area contributed by atoms with Crippen molar-refractivity contribution in [1.29, 1.82) is 5.26 Å². The number of halogens is 3. The average molecular weight is 657 g/mol. The predicted octanol–water partition coefficient (Wildman–Crippen LogP) is 6.86. The lowest BCUT2D eigenvalue weighted by atomic mass is 10.00. The number of carbonyl (C=O) groups excluding carboxylic acids is 1. The minimum atomic E-state index is -0.821. The number of aromatic nitrogens is 2. The Bertz CT molecular complexity index is 1490. The molecule has 1 aliphatic carbocycles. The van der Waals surface area contributed by atoms with Crippen LogP contribution in [0.3, 0.4) is 0 Å². The molecule has 1 saturated carbocycles. The number of aryl methyl sites for hydroxylation is 2. The lowest BCUT2D eigenvalue weighted by molar-refractivity contribution is -0.135. The first-order valence-corrected chi connectivity index (χ1v) is 16.0. The Morgan fingerprint density at radius 3 is 2.55 bits per heavy atom. The van der Waals surface area contributed by atoms with E-state index < -0.39 is 5.92 Å². The zero-order chi connectivity index (χ0) is 31.2. The standard InChI is InChI=1S/C33H36Cl3N5O3/c1-21-12-28(34)32(29(35)13-21)44-27-9-10-40(20-27)31-8-5-22(17-39-31)14-23(16-37)33(42)41(26-6-7-26)19-24-15-25(4-3-11-43-2)38-18-30(24)36/h5,8,12-13,15,17-18,23,26-27H,3-4,6-7,9-11,14,19-20H2,1-2H3/t23?,27-/m1/s1. The fourth-order valence-electron chi connectivity index (χ4n) is 5.49. The van der Waals surface area contributed by atoms with Crippen LogP contribution in [0.4, 0.5) is 5.82 Å². The van der Waals surface area contributed by atoms with Crippen LogP contribution in [0.5, 0.6) is 5.75 Å². The van der Waals surface area contributed by atoms with Crippen LogP contribution < -0.4 is 9.64 Å². The van der Waals surface area contributed by atoms with E-state index in [1.165, 1.54) is 0 Å². The van der Waals surface area contributed by atoms with Crippen molar-refractivity contribution in [2.75, 3.05) is 31.7 Å². The lowest BCUT2D eigenvalue weighted by Crippen LogP contribution is -2.38. The number of rotatable bonds is 13. The zero-order valence-electron chi connectivity index (χ0n) is 24.9. The van der Waals surface area contributed by atoms with Crippen molar-refractivity contribution in [3.63, 3.8) is 0 Å². The number of methoxy groups -OCH3 is 1. The van der Waals surface area contributed by atoms with Crippen LogP contribution in [0.2, 0.25) is 15.1 Å². The maximum Gasteiger partial charge on any atom is 0.240 e. The molecule has 2 fully saturated rings. The molecule has 1 aliphatic heterocycles. The van der Waals surface area contributed by atoms with E-state index in [9.17, 15) is 10.1 Å². The van der Waals surface area contributed by atoms with Crippen molar-refractivity contribution in [3.8, 4) is 11.8 Å². The van der Waals surface area contributed by atoms with E-state index in [1.54, 1.807) is 19.5 Å². The molecule has 8 nitrogen and oxygen atoms in total. The van der Waals surface area contributed by atoms with Gasteiger partial charge in [0.1, 0.15) is 17.8 Å². The summed E-state index contributed by atoms with van der Waals surface area (Å²) in [4.78, 5) is 26.7. The van der Waals surface area contributed by atoms with E-state index >= 15 is 0 Å². The van der Waals surface area contributed by atoms with E-state index in [2.05, 4.69) is 20.9 Å². The van der Waals surface area contributed by atoms with Crippen molar-refractivity contribution in [1.82, 2.24) is 14.9 Å². The molecule has 232 valence electrons. The van der Waals surface area contributed by atoms with Crippen LogP contribution in [0, 0.1) is 24.2 Å². The molecule has 0 spiro atoms. The molecular weight excluding hydrogens is 621 g/mol. The van der Waals surface area contributed by atoms with Gasteiger partial charge in [-0.1, -0.05) is 40.9 Å². The highest BCUT2D eigenvalue weighted by atomic mass is 35.5. The molecule has 1 amide bonds. The van der Waals surface area contributed by atoms with E-state index in [0.29, 0.717) is 40.5 Å². The van der Waals surface area contributed by atoms with Gasteiger partial charge in [0.2, 0.25) is 5.91 Å². The fourth-order valence-corrected chi connectivity index (χ4v) is 6.34. The third-order valence-electron chi connectivity index (χ3n) is 7.98. The molecule has 1 aromatic carbocycles. The largest absolute Gasteiger partial charge is 0.485 e. The van der Waals surface area contributed by atoms with Gasteiger partial charge >= 0.3 is 0 Å². The summed E-state index contributed by atoms with van der Waals surface area (Å²) in [5.41, 5.74) is 3.56. The van der Waals surface area contributed by atoms with Crippen LogP contribution in [-0.4, -0.2) is 59.7 Å². The summed E-state index contributed by atoms with van der Waals surface area (Å²) < 4.78 is 11.3. The second-order valence-corrected chi connectivity index (χ2v) is 12.7. The molecule has 0 N–H and O–H groups in total. The number of amides is 1. The van der Waals surface area contributed by atoms with E-state index in [-0.39, 0.29) is 24.5 Å². The van der Waals surface area contributed by atoms with Gasteiger partial charge in [0, 0.05) is 57.4 Å². The summed E-state index contributed by atoms with van der Waals surface area (Å²) in [6.45, 7) is 4.37. The number of nitriles is 1. The predicted molar refractivity (Wildman–Crippen MR) is 173 cm³/mol. The first-order valence-electron chi connectivity index (χ1n) is 14.9. The van der Waals surface area contributed by atoms with Crippen LogP contribution >= 0.6 is 34.8 Å². The van der Waals surface area contributed by atoms with E-state index in [0.717, 1.165) is 66.9 Å². The zero-order valence-corrected chi connectivity index (χ0v) is 27.2. The molecule has 2 aliphatic rings. The van der Waals surface area contributed by atoms with Gasteiger partial charge in [-0.3, -0.25) is 9.78 Å². The molecule has 3 aromatic rings. The van der Waals surface area contributed by atoms with Gasteiger partial charge in [0.15, 0.2) is 5.75 Å². The van der Waals surface area contributed by atoms with Crippen LogP contribution in [0.15, 0.2) is 42.7 Å². The molecule has 0 radical (unpaired) electrons. The number of carbonyl (C=O) groups is 1. The van der Waals surface area contributed by atoms with Gasteiger partial charge in [-0.25, -0.2) is 4.98 Å². The summed E-state index contributed by atoms with van der Waals surface area (Å²) >= 11 is 19.2. The minimum Gasteiger partial charge on any atom is -0.485 e. The van der Waals surface area contributed by atoms with Gasteiger partial charge in [0.25, 0.3) is 0 Å². The molecule has 2 aromatic heterocycles. The number of hydrogen-bond donors (Lipinski definition) is 0. The lowest BCUT2D eigenvalue weighted by Gasteiger charge is -2.25. The number of nitrogens with zero attached hydrogens (tertiary/aromatic N) is 5. The Morgan fingerprint density at radius 2 is 1.89 bits per heavy atom. The van der Waals surface area contributed by atoms with Crippen LogP contribution in [-0.2, 0) is 28.9 Å². The summed E-state index contributed by atoms with van der Waals surface area (Å²) in [6, 6.07) is 11.9. The topological polar surface area (TPSA) is 91.6 Å². The number of anilines is 1. The Kier molecular flexibility index (Phi) is 10.9. The molecular formula is C33H36Cl3N5O3.